The van der Waals surface area contributed by atoms with Gasteiger partial charge in [0.2, 0.25) is 5.91 Å². The molecule has 1 aromatic heterocycles. The van der Waals surface area contributed by atoms with Gasteiger partial charge in [-0.05, 0) is 49.7 Å². The molecule has 2 aliphatic heterocycles. The van der Waals surface area contributed by atoms with Gasteiger partial charge < -0.3 is 25.2 Å². The van der Waals surface area contributed by atoms with Gasteiger partial charge in [0.1, 0.15) is 5.75 Å². The first-order valence-electron chi connectivity index (χ1n) is 10.3. The third kappa shape index (κ3) is 4.54. The average Bonchev–Trinajstić information content (AvgIpc) is 3.29. The highest BCUT2D eigenvalue weighted by atomic mass is 16.5. The van der Waals surface area contributed by atoms with Crippen LogP contribution in [0.15, 0.2) is 36.5 Å². The van der Waals surface area contributed by atoms with Crippen molar-refractivity contribution >= 4 is 23.3 Å². The topological polar surface area (TPSA) is 86.8 Å². The fourth-order valence-corrected chi connectivity index (χ4v) is 3.83. The number of aromatic nitrogens is 1. The van der Waals surface area contributed by atoms with Crippen molar-refractivity contribution in [3.8, 4) is 5.75 Å². The van der Waals surface area contributed by atoms with Crippen LogP contribution in [0.1, 0.15) is 28.8 Å². The number of carbonyl (C=O) groups excluding carboxylic acids is 2. The largest absolute Gasteiger partial charge is 0.497 e. The van der Waals surface area contributed by atoms with Crippen LogP contribution in [0, 0.1) is 0 Å². The van der Waals surface area contributed by atoms with Crippen molar-refractivity contribution in [1.82, 2.24) is 15.2 Å². The molecule has 2 aliphatic rings. The van der Waals surface area contributed by atoms with Crippen molar-refractivity contribution in [1.29, 1.82) is 0 Å². The van der Waals surface area contributed by atoms with Crippen LogP contribution in [-0.2, 0) is 11.3 Å². The van der Waals surface area contributed by atoms with Crippen molar-refractivity contribution in [2.75, 3.05) is 50.1 Å². The predicted octanol–water partition coefficient (Wildman–Crippen LogP) is 1.87. The quantitative estimate of drug-likeness (QED) is 0.726. The number of nitrogens with zero attached hydrogens (tertiary/aromatic N) is 3. The highest BCUT2D eigenvalue weighted by Crippen LogP contribution is 2.30. The maximum atomic E-state index is 12.6. The van der Waals surface area contributed by atoms with Crippen molar-refractivity contribution in [3.05, 3.63) is 47.7 Å². The minimum atomic E-state index is -0.174. The molecular weight excluding hydrogens is 382 g/mol. The first-order chi connectivity index (χ1) is 14.6. The Morgan fingerprint density at radius 1 is 1.23 bits per heavy atom. The SMILES string of the molecule is COc1ccc(CN2C(=O)CNc3ncc(C(=O)NCCN4CCCC4)cc32)cc1. The number of carbonyl (C=O) groups is 2. The Kier molecular flexibility index (Phi) is 6.13. The Balaban J connectivity index is 1.46. The maximum Gasteiger partial charge on any atom is 0.252 e. The molecule has 2 aromatic rings. The van der Waals surface area contributed by atoms with Crippen LogP contribution in [0.2, 0.25) is 0 Å². The van der Waals surface area contributed by atoms with E-state index in [0.717, 1.165) is 30.9 Å². The lowest BCUT2D eigenvalue weighted by molar-refractivity contribution is -0.117. The van der Waals surface area contributed by atoms with Crippen LogP contribution in [0.4, 0.5) is 11.5 Å². The molecule has 0 aliphatic carbocycles. The molecule has 30 heavy (non-hydrogen) atoms. The van der Waals surface area contributed by atoms with Crippen molar-refractivity contribution in [2.24, 2.45) is 0 Å². The van der Waals surface area contributed by atoms with Crippen LogP contribution in [0.3, 0.4) is 0 Å². The molecule has 4 rings (SSSR count). The van der Waals surface area contributed by atoms with Crippen LogP contribution in [0.25, 0.3) is 0 Å². The van der Waals surface area contributed by atoms with Gasteiger partial charge in [-0.3, -0.25) is 9.59 Å². The van der Waals surface area contributed by atoms with E-state index in [1.807, 2.05) is 24.3 Å². The normalized spacial score (nSPS) is 16.2. The molecule has 2 N–H and O–H groups in total. The van der Waals surface area contributed by atoms with E-state index in [0.29, 0.717) is 30.2 Å². The molecule has 0 atom stereocenters. The Morgan fingerprint density at radius 3 is 2.73 bits per heavy atom. The Morgan fingerprint density at radius 2 is 2.00 bits per heavy atom. The molecule has 8 nitrogen and oxygen atoms in total. The van der Waals surface area contributed by atoms with E-state index in [1.54, 1.807) is 24.3 Å². The molecule has 1 fully saturated rings. The smallest absolute Gasteiger partial charge is 0.252 e. The molecule has 8 heteroatoms. The average molecular weight is 409 g/mol. The minimum absolute atomic E-state index is 0.0632. The first-order valence-corrected chi connectivity index (χ1v) is 10.3. The highest BCUT2D eigenvalue weighted by Gasteiger charge is 2.26. The Hall–Kier alpha value is -3.13. The number of methoxy groups -OCH3 is 1. The van der Waals surface area contributed by atoms with Gasteiger partial charge in [0.15, 0.2) is 5.82 Å². The molecule has 0 radical (unpaired) electrons. The molecule has 0 bridgehead atoms. The van der Waals surface area contributed by atoms with E-state index in [9.17, 15) is 9.59 Å². The zero-order chi connectivity index (χ0) is 20.9. The van der Waals surface area contributed by atoms with Gasteiger partial charge in [-0.15, -0.1) is 0 Å². The molecule has 0 spiro atoms. The number of benzene rings is 1. The second-order valence-electron chi connectivity index (χ2n) is 7.58. The van der Waals surface area contributed by atoms with Gasteiger partial charge in [-0.1, -0.05) is 12.1 Å². The molecule has 2 amide bonds. The van der Waals surface area contributed by atoms with Crippen LogP contribution in [0.5, 0.6) is 5.75 Å². The number of hydrogen-bond donors (Lipinski definition) is 2. The summed E-state index contributed by atoms with van der Waals surface area (Å²) in [5.74, 6) is 1.13. The van der Waals surface area contributed by atoms with E-state index in [-0.39, 0.29) is 18.4 Å². The zero-order valence-corrected chi connectivity index (χ0v) is 17.2. The van der Waals surface area contributed by atoms with Crippen LogP contribution < -0.4 is 20.3 Å². The van der Waals surface area contributed by atoms with E-state index >= 15 is 0 Å². The van der Waals surface area contributed by atoms with E-state index in [2.05, 4.69) is 20.5 Å². The summed E-state index contributed by atoms with van der Waals surface area (Å²) >= 11 is 0. The second kappa shape index (κ2) is 9.13. The summed E-state index contributed by atoms with van der Waals surface area (Å²) in [7, 11) is 1.62. The molecule has 0 saturated carbocycles. The molecule has 3 heterocycles. The fourth-order valence-electron chi connectivity index (χ4n) is 3.83. The Bertz CT molecular complexity index is 909. The summed E-state index contributed by atoms with van der Waals surface area (Å²) in [6.45, 7) is 4.24. The summed E-state index contributed by atoms with van der Waals surface area (Å²) in [5, 5.41) is 5.99. The lowest BCUT2D eigenvalue weighted by Gasteiger charge is -2.30. The maximum absolute atomic E-state index is 12.6. The highest BCUT2D eigenvalue weighted by molar-refractivity contribution is 6.04. The molecule has 158 valence electrons. The summed E-state index contributed by atoms with van der Waals surface area (Å²) < 4.78 is 5.20. The number of nitrogens with one attached hydrogen (secondary N) is 2. The zero-order valence-electron chi connectivity index (χ0n) is 17.2. The number of pyridine rings is 1. The van der Waals surface area contributed by atoms with Crippen LogP contribution >= 0.6 is 0 Å². The molecule has 1 aromatic carbocycles. The van der Waals surface area contributed by atoms with Gasteiger partial charge in [0.05, 0.1) is 31.5 Å². The van der Waals surface area contributed by atoms with Gasteiger partial charge in [-0.2, -0.15) is 0 Å². The summed E-state index contributed by atoms with van der Waals surface area (Å²) in [4.78, 5) is 33.6. The molecule has 1 saturated heterocycles. The van der Waals surface area contributed by atoms with Gasteiger partial charge in [-0.25, -0.2) is 4.98 Å². The number of ether oxygens (including phenoxy) is 1. The second-order valence-corrected chi connectivity index (χ2v) is 7.58. The van der Waals surface area contributed by atoms with Crippen molar-refractivity contribution < 1.29 is 14.3 Å². The number of fused-ring (bicyclic) bond motifs is 1. The standard InChI is InChI=1S/C22H27N5O3/c1-30-18-6-4-16(5-7-18)15-27-19-12-17(13-24-21(19)25-14-20(27)28)22(29)23-8-11-26-9-2-3-10-26/h4-7,12-13H,2-3,8-11,14-15H2,1H3,(H,23,29)(H,24,25). The lowest BCUT2D eigenvalue weighted by atomic mass is 10.1. The third-order valence-corrected chi connectivity index (χ3v) is 5.54. The lowest BCUT2D eigenvalue weighted by Crippen LogP contribution is -2.40. The third-order valence-electron chi connectivity index (χ3n) is 5.54. The number of hydrogen-bond acceptors (Lipinski definition) is 6. The summed E-state index contributed by atoms with van der Waals surface area (Å²) in [6, 6.07) is 9.32. The fraction of sp³-hybridized carbons (Fsp3) is 0.409. The molecule has 0 unspecified atom stereocenters. The van der Waals surface area contributed by atoms with Gasteiger partial charge >= 0.3 is 0 Å². The number of likely N-dealkylation sites (tertiary alicyclic amines) is 1. The van der Waals surface area contributed by atoms with E-state index < -0.39 is 0 Å². The first kappa shape index (κ1) is 20.2. The van der Waals surface area contributed by atoms with Crippen molar-refractivity contribution in [2.45, 2.75) is 19.4 Å². The van der Waals surface area contributed by atoms with E-state index in [1.165, 1.54) is 12.8 Å². The number of amides is 2. The monoisotopic (exact) mass is 409 g/mol. The number of anilines is 2. The van der Waals surface area contributed by atoms with Gasteiger partial charge in [0, 0.05) is 19.3 Å². The van der Waals surface area contributed by atoms with Gasteiger partial charge in [0.25, 0.3) is 5.91 Å². The van der Waals surface area contributed by atoms with Crippen molar-refractivity contribution in [3.63, 3.8) is 0 Å². The Labute approximate surface area is 176 Å². The van der Waals surface area contributed by atoms with E-state index in [4.69, 9.17) is 4.74 Å². The summed E-state index contributed by atoms with van der Waals surface area (Å²) in [6.07, 6.45) is 4.01. The molecular formula is C22H27N5O3. The van der Waals surface area contributed by atoms with Crippen LogP contribution in [-0.4, -0.2) is 61.5 Å². The minimum Gasteiger partial charge on any atom is -0.497 e. The predicted molar refractivity (Wildman–Crippen MR) is 115 cm³/mol. The summed E-state index contributed by atoms with van der Waals surface area (Å²) in [5.41, 5.74) is 2.04. The number of rotatable bonds is 7.